The molecule has 0 bridgehead atoms. The molecule has 2 aromatic carbocycles. The second-order valence-electron chi connectivity index (χ2n) is 5.38. The molecule has 2 rings (SSSR count). The van der Waals surface area contributed by atoms with Crippen LogP contribution in [-0.4, -0.2) is 23.0 Å². The normalized spacial score (nSPS) is 10.6. The van der Waals surface area contributed by atoms with Crippen LogP contribution >= 0.6 is 0 Å². The second-order valence-corrected chi connectivity index (χ2v) is 5.38. The van der Waals surface area contributed by atoms with Crippen LogP contribution in [-0.2, 0) is 0 Å². The number of hydrogen-bond acceptors (Lipinski definition) is 2. The maximum absolute atomic E-state index is 12.6. The molecule has 0 radical (unpaired) electrons. The van der Waals surface area contributed by atoms with Crippen LogP contribution < -0.4 is 5.32 Å². The number of amides is 1. The van der Waals surface area contributed by atoms with Gasteiger partial charge in [0.2, 0.25) is 0 Å². The van der Waals surface area contributed by atoms with Crippen LogP contribution in [0.4, 0.5) is 0 Å². The van der Waals surface area contributed by atoms with E-state index in [-0.39, 0.29) is 17.5 Å². The lowest BCUT2D eigenvalue weighted by Gasteiger charge is -2.17. The summed E-state index contributed by atoms with van der Waals surface area (Å²) in [5, 5.41) is 12.4. The van der Waals surface area contributed by atoms with Crippen LogP contribution in [0.2, 0.25) is 0 Å². The lowest BCUT2D eigenvalue weighted by Crippen LogP contribution is -2.34. The van der Waals surface area contributed by atoms with Crippen molar-refractivity contribution < 1.29 is 14.7 Å². The van der Waals surface area contributed by atoms with Crippen molar-refractivity contribution in [3.05, 3.63) is 59.7 Å². The first-order valence-corrected chi connectivity index (χ1v) is 7.81. The summed E-state index contributed by atoms with van der Waals surface area (Å²) in [7, 11) is 0. The predicted octanol–water partition coefficient (Wildman–Crippen LogP) is 3.97. The molecule has 0 aliphatic carbocycles. The highest BCUT2D eigenvalue weighted by molar-refractivity contribution is 6.04. The van der Waals surface area contributed by atoms with E-state index < -0.39 is 5.97 Å². The summed E-state index contributed by atoms with van der Waals surface area (Å²) < 4.78 is 0. The van der Waals surface area contributed by atoms with Crippen LogP contribution in [0.3, 0.4) is 0 Å². The molecular formula is C19H21NO3. The topological polar surface area (TPSA) is 66.4 Å². The predicted molar refractivity (Wildman–Crippen MR) is 90.7 cm³/mol. The molecule has 0 aromatic heterocycles. The molecule has 2 N–H and O–H groups in total. The van der Waals surface area contributed by atoms with Gasteiger partial charge in [0.25, 0.3) is 5.91 Å². The standard InChI is InChI=1S/C19H21NO3/c1-3-13(4-2)20-18(21)16-11-7-5-9-14(16)15-10-6-8-12-17(15)19(22)23/h5-13H,3-4H2,1-2H3,(H,20,21)(H,22,23). The van der Waals surface area contributed by atoms with Gasteiger partial charge < -0.3 is 10.4 Å². The molecule has 0 spiro atoms. The van der Waals surface area contributed by atoms with E-state index in [4.69, 9.17) is 0 Å². The van der Waals surface area contributed by atoms with E-state index >= 15 is 0 Å². The SMILES string of the molecule is CCC(CC)NC(=O)c1ccccc1-c1ccccc1C(=O)O. The molecule has 0 aliphatic rings. The highest BCUT2D eigenvalue weighted by Gasteiger charge is 2.18. The number of hydrogen-bond donors (Lipinski definition) is 2. The van der Waals surface area contributed by atoms with Gasteiger partial charge in [0.1, 0.15) is 0 Å². The fourth-order valence-corrected chi connectivity index (χ4v) is 2.58. The third kappa shape index (κ3) is 3.77. The Bertz CT molecular complexity index is 705. The smallest absolute Gasteiger partial charge is 0.336 e. The molecule has 0 unspecified atom stereocenters. The number of carbonyl (C=O) groups excluding carboxylic acids is 1. The van der Waals surface area contributed by atoms with Gasteiger partial charge in [-0.15, -0.1) is 0 Å². The summed E-state index contributed by atoms with van der Waals surface area (Å²) in [5.41, 5.74) is 1.87. The maximum atomic E-state index is 12.6. The summed E-state index contributed by atoms with van der Waals surface area (Å²) in [5.74, 6) is -1.18. The van der Waals surface area contributed by atoms with Gasteiger partial charge in [-0.2, -0.15) is 0 Å². The average Bonchev–Trinajstić information content (AvgIpc) is 2.59. The summed E-state index contributed by atoms with van der Waals surface area (Å²) >= 11 is 0. The first-order valence-electron chi connectivity index (χ1n) is 7.81. The molecule has 0 aliphatic heterocycles. The summed E-state index contributed by atoms with van der Waals surface area (Å²) in [4.78, 5) is 24.0. The van der Waals surface area contributed by atoms with E-state index in [0.29, 0.717) is 16.7 Å². The zero-order valence-corrected chi connectivity index (χ0v) is 13.4. The minimum Gasteiger partial charge on any atom is -0.478 e. The Balaban J connectivity index is 2.46. The number of carboxylic acids is 1. The Morgan fingerprint density at radius 3 is 1.91 bits per heavy atom. The Kier molecular flexibility index (Phi) is 5.52. The lowest BCUT2D eigenvalue weighted by molar-refractivity contribution is 0.0697. The number of carbonyl (C=O) groups is 2. The molecule has 0 heterocycles. The van der Waals surface area contributed by atoms with Crippen molar-refractivity contribution in [2.75, 3.05) is 0 Å². The number of nitrogens with one attached hydrogen (secondary N) is 1. The van der Waals surface area contributed by atoms with Crippen LogP contribution in [0.5, 0.6) is 0 Å². The van der Waals surface area contributed by atoms with E-state index in [0.717, 1.165) is 12.8 Å². The molecule has 0 atom stereocenters. The van der Waals surface area contributed by atoms with Gasteiger partial charge >= 0.3 is 5.97 Å². The second kappa shape index (κ2) is 7.58. The molecule has 1 amide bonds. The Morgan fingerprint density at radius 2 is 1.39 bits per heavy atom. The third-order valence-corrected chi connectivity index (χ3v) is 3.94. The van der Waals surface area contributed by atoms with Gasteiger partial charge in [-0.25, -0.2) is 4.79 Å². The summed E-state index contributed by atoms with van der Waals surface area (Å²) in [6.07, 6.45) is 1.71. The molecule has 4 nitrogen and oxygen atoms in total. The van der Waals surface area contributed by atoms with E-state index in [1.165, 1.54) is 0 Å². The van der Waals surface area contributed by atoms with Crippen LogP contribution in [0.25, 0.3) is 11.1 Å². The van der Waals surface area contributed by atoms with Crippen molar-refractivity contribution in [1.29, 1.82) is 0 Å². The quantitative estimate of drug-likeness (QED) is 0.848. The average molecular weight is 311 g/mol. The van der Waals surface area contributed by atoms with E-state index in [9.17, 15) is 14.7 Å². The van der Waals surface area contributed by atoms with Gasteiger partial charge in [0, 0.05) is 11.6 Å². The lowest BCUT2D eigenvalue weighted by atomic mass is 9.94. The number of aromatic carboxylic acids is 1. The van der Waals surface area contributed by atoms with Gasteiger partial charge in [-0.05, 0) is 36.1 Å². The van der Waals surface area contributed by atoms with E-state index in [1.807, 2.05) is 19.9 Å². The van der Waals surface area contributed by atoms with Gasteiger partial charge in [0.15, 0.2) is 0 Å². The molecule has 0 fully saturated rings. The van der Waals surface area contributed by atoms with Crippen molar-refractivity contribution in [3.8, 4) is 11.1 Å². The monoisotopic (exact) mass is 311 g/mol. The molecule has 0 saturated heterocycles. The summed E-state index contributed by atoms with van der Waals surface area (Å²) in [6, 6.07) is 14.0. The van der Waals surface area contributed by atoms with Gasteiger partial charge in [-0.1, -0.05) is 50.2 Å². The number of benzene rings is 2. The fourth-order valence-electron chi connectivity index (χ4n) is 2.58. The zero-order valence-electron chi connectivity index (χ0n) is 13.4. The first-order chi connectivity index (χ1) is 11.1. The van der Waals surface area contributed by atoms with Gasteiger partial charge in [-0.3, -0.25) is 4.79 Å². The highest BCUT2D eigenvalue weighted by Crippen LogP contribution is 2.27. The molecule has 2 aromatic rings. The molecule has 4 heteroatoms. The van der Waals surface area contributed by atoms with Crippen molar-refractivity contribution in [2.45, 2.75) is 32.7 Å². The van der Waals surface area contributed by atoms with E-state index in [1.54, 1.807) is 42.5 Å². The molecule has 0 saturated carbocycles. The molecule has 23 heavy (non-hydrogen) atoms. The number of carboxylic acid groups (broad SMARTS) is 1. The van der Waals surface area contributed by atoms with Crippen LogP contribution in [0.15, 0.2) is 48.5 Å². The Hall–Kier alpha value is -2.62. The van der Waals surface area contributed by atoms with Crippen LogP contribution in [0, 0.1) is 0 Å². The van der Waals surface area contributed by atoms with E-state index in [2.05, 4.69) is 5.32 Å². The van der Waals surface area contributed by atoms with Crippen molar-refractivity contribution in [2.24, 2.45) is 0 Å². The third-order valence-electron chi connectivity index (χ3n) is 3.94. The Morgan fingerprint density at radius 1 is 0.913 bits per heavy atom. The molecule has 120 valence electrons. The maximum Gasteiger partial charge on any atom is 0.336 e. The Labute approximate surface area is 136 Å². The van der Waals surface area contributed by atoms with Gasteiger partial charge in [0.05, 0.1) is 5.56 Å². The minimum absolute atomic E-state index is 0.116. The van der Waals surface area contributed by atoms with Crippen molar-refractivity contribution in [1.82, 2.24) is 5.32 Å². The minimum atomic E-state index is -1.00. The fraction of sp³-hybridized carbons (Fsp3) is 0.263. The summed E-state index contributed by atoms with van der Waals surface area (Å²) in [6.45, 7) is 4.06. The first kappa shape index (κ1) is 16.7. The van der Waals surface area contributed by atoms with Crippen molar-refractivity contribution >= 4 is 11.9 Å². The van der Waals surface area contributed by atoms with Crippen LogP contribution in [0.1, 0.15) is 47.4 Å². The van der Waals surface area contributed by atoms with Crippen molar-refractivity contribution in [3.63, 3.8) is 0 Å². The largest absolute Gasteiger partial charge is 0.478 e. The highest BCUT2D eigenvalue weighted by atomic mass is 16.4. The zero-order chi connectivity index (χ0) is 16.8. The molecular weight excluding hydrogens is 290 g/mol. The number of rotatable bonds is 6.